The Morgan fingerprint density at radius 1 is 1.14 bits per heavy atom. The number of carbonyl (C=O) groups is 2. The highest BCUT2D eigenvalue weighted by molar-refractivity contribution is 6.22. The second-order valence-electron chi connectivity index (χ2n) is 5.40. The molecule has 2 fully saturated rings. The summed E-state index contributed by atoms with van der Waals surface area (Å²) < 4.78 is 13.9. The van der Waals surface area contributed by atoms with Crippen LogP contribution >= 0.6 is 0 Å². The van der Waals surface area contributed by atoms with Crippen molar-refractivity contribution in [1.82, 2.24) is 0 Å². The summed E-state index contributed by atoms with van der Waals surface area (Å²) in [5, 5.41) is 10.8. The zero-order valence-electron chi connectivity index (χ0n) is 11.1. The zero-order chi connectivity index (χ0) is 15.1. The van der Waals surface area contributed by atoms with Gasteiger partial charge in [0.1, 0.15) is 5.82 Å². The van der Waals surface area contributed by atoms with Crippen molar-refractivity contribution in [2.75, 3.05) is 4.90 Å². The average Bonchev–Trinajstić information content (AvgIpc) is 2.72. The lowest BCUT2D eigenvalue weighted by Crippen LogP contribution is -2.31. The number of hydrogen-bond acceptors (Lipinski definition) is 4. The largest absolute Gasteiger partial charge is 0.274 e. The molecule has 1 saturated carbocycles. The second kappa shape index (κ2) is 4.91. The number of nitro benzene ring substituents is 1. The minimum Gasteiger partial charge on any atom is -0.274 e. The number of imide groups is 1. The van der Waals surface area contributed by atoms with Gasteiger partial charge in [0.05, 0.1) is 22.4 Å². The van der Waals surface area contributed by atoms with E-state index >= 15 is 0 Å². The van der Waals surface area contributed by atoms with Crippen molar-refractivity contribution in [2.24, 2.45) is 11.8 Å². The van der Waals surface area contributed by atoms with E-state index in [1.165, 1.54) is 0 Å². The third kappa shape index (κ3) is 2.09. The molecular formula is C14H13FN2O4. The molecule has 1 aliphatic carbocycles. The zero-order valence-corrected chi connectivity index (χ0v) is 11.1. The van der Waals surface area contributed by atoms with Gasteiger partial charge in [0.25, 0.3) is 5.69 Å². The molecule has 7 heteroatoms. The van der Waals surface area contributed by atoms with Crippen LogP contribution in [0.15, 0.2) is 18.2 Å². The Morgan fingerprint density at radius 2 is 1.71 bits per heavy atom. The Balaban J connectivity index is 2.04. The molecule has 0 spiro atoms. The molecule has 0 bridgehead atoms. The molecule has 0 N–H and O–H groups in total. The first-order valence-electron chi connectivity index (χ1n) is 6.82. The van der Waals surface area contributed by atoms with Crippen LogP contribution in [0.2, 0.25) is 0 Å². The van der Waals surface area contributed by atoms with Crippen molar-refractivity contribution < 1.29 is 18.9 Å². The van der Waals surface area contributed by atoms with Crippen molar-refractivity contribution in [3.63, 3.8) is 0 Å². The SMILES string of the molecule is O=C1C2CCCCC2C(=O)N1c1cc([N+](=O)[O-])ccc1F. The number of halogens is 1. The third-order valence-corrected chi connectivity index (χ3v) is 4.22. The minimum absolute atomic E-state index is 0.311. The first-order chi connectivity index (χ1) is 10.0. The highest BCUT2D eigenvalue weighted by Crippen LogP contribution is 2.41. The molecule has 1 aromatic carbocycles. The number of benzene rings is 1. The second-order valence-corrected chi connectivity index (χ2v) is 5.40. The fourth-order valence-corrected chi connectivity index (χ4v) is 3.19. The average molecular weight is 292 g/mol. The summed E-state index contributed by atoms with van der Waals surface area (Å²) in [6.07, 6.45) is 2.96. The lowest BCUT2D eigenvalue weighted by molar-refractivity contribution is -0.384. The summed E-state index contributed by atoms with van der Waals surface area (Å²) in [6, 6.07) is 2.87. The van der Waals surface area contributed by atoms with Crippen LogP contribution in [0.4, 0.5) is 15.8 Å². The summed E-state index contributed by atoms with van der Waals surface area (Å²) in [7, 11) is 0. The van der Waals surface area contributed by atoms with E-state index < -0.39 is 34.4 Å². The maximum Gasteiger partial charge on any atom is 0.271 e. The molecule has 0 radical (unpaired) electrons. The van der Waals surface area contributed by atoms with Crippen LogP contribution in [0.25, 0.3) is 0 Å². The number of anilines is 1. The third-order valence-electron chi connectivity index (χ3n) is 4.22. The number of carbonyl (C=O) groups excluding carboxylic acids is 2. The van der Waals surface area contributed by atoms with Gasteiger partial charge in [0.2, 0.25) is 11.8 Å². The molecule has 2 aliphatic rings. The Kier molecular flexibility index (Phi) is 3.19. The Bertz CT molecular complexity index is 622. The van der Waals surface area contributed by atoms with Gasteiger partial charge in [-0.05, 0) is 18.9 Å². The van der Waals surface area contributed by atoms with Crippen molar-refractivity contribution in [3.8, 4) is 0 Å². The molecule has 1 aromatic rings. The molecule has 1 aliphatic heterocycles. The molecule has 3 rings (SSSR count). The number of fused-ring (bicyclic) bond motifs is 1. The molecule has 1 saturated heterocycles. The van der Waals surface area contributed by atoms with Crippen molar-refractivity contribution >= 4 is 23.2 Å². The summed E-state index contributed by atoms with van der Waals surface area (Å²) >= 11 is 0. The molecule has 2 amide bonds. The predicted octanol–water partition coefficient (Wildman–Crippen LogP) is 2.41. The fraction of sp³-hybridized carbons (Fsp3) is 0.429. The fourth-order valence-electron chi connectivity index (χ4n) is 3.19. The van der Waals surface area contributed by atoms with Crippen LogP contribution in [0, 0.1) is 27.8 Å². The summed E-state index contributed by atoms with van der Waals surface area (Å²) in [5.41, 5.74) is -0.657. The van der Waals surface area contributed by atoms with Gasteiger partial charge in [-0.3, -0.25) is 19.7 Å². The van der Waals surface area contributed by atoms with Crippen LogP contribution in [-0.2, 0) is 9.59 Å². The Labute approximate surface area is 119 Å². The van der Waals surface area contributed by atoms with E-state index in [1.807, 2.05) is 0 Å². The van der Waals surface area contributed by atoms with Gasteiger partial charge in [-0.1, -0.05) is 12.8 Å². The first-order valence-corrected chi connectivity index (χ1v) is 6.82. The van der Waals surface area contributed by atoms with Crippen molar-refractivity contribution in [1.29, 1.82) is 0 Å². The lowest BCUT2D eigenvalue weighted by atomic mass is 9.81. The number of amides is 2. The maximum atomic E-state index is 13.9. The van der Waals surface area contributed by atoms with Gasteiger partial charge in [-0.15, -0.1) is 0 Å². The Morgan fingerprint density at radius 3 is 2.24 bits per heavy atom. The smallest absolute Gasteiger partial charge is 0.271 e. The minimum atomic E-state index is -0.805. The molecular weight excluding hydrogens is 279 g/mol. The van der Waals surface area contributed by atoms with E-state index in [4.69, 9.17) is 0 Å². The quantitative estimate of drug-likeness (QED) is 0.476. The number of nitro groups is 1. The molecule has 21 heavy (non-hydrogen) atoms. The molecule has 110 valence electrons. The van der Waals surface area contributed by atoms with Crippen LogP contribution < -0.4 is 4.90 Å². The standard InChI is InChI=1S/C14H13FN2O4/c15-11-6-5-8(17(20)21)7-12(11)16-13(18)9-3-1-2-4-10(9)14(16)19/h5-7,9-10H,1-4H2. The summed E-state index contributed by atoms with van der Waals surface area (Å²) in [6.45, 7) is 0. The predicted molar refractivity (Wildman–Crippen MR) is 71.0 cm³/mol. The topological polar surface area (TPSA) is 80.5 Å². The highest BCUT2D eigenvalue weighted by atomic mass is 19.1. The van der Waals surface area contributed by atoms with Crippen LogP contribution in [0.5, 0.6) is 0 Å². The number of nitrogens with zero attached hydrogens (tertiary/aromatic N) is 2. The van der Waals surface area contributed by atoms with E-state index in [9.17, 15) is 24.1 Å². The van der Waals surface area contributed by atoms with Gasteiger partial charge in [0.15, 0.2) is 0 Å². The van der Waals surface area contributed by atoms with Crippen LogP contribution in [0.1, 0.15) is 25.7 Å². The molecule has 0 aromatic heterocycles. The monoisotopic (exact) mass is 292 g/mol. The van der Waals surface area contributed by atoms with Gasteiger partial charge in [-0.2, -0.15) is 0 Å². The van der Waals surface area contributed by atoms with E-state index in [1.54, 1.807) is 0 Å². The van der Waals surface area contributed by atoms with Crippen molar-refractivity contribution in [3.05, 3.63) is 34.1 Å². The Hall–Kier alpha value is -2.31. The summed E-state index contributed by atoms with van der Waals surface area (Å²) in [5.74, 6) is -2.51. The molecule has 2 atom stereocenters. The van der Waals surface area contributed by atoms with Gasteiger partial charge < -0.3 is 0 Å². The number of rotatable bonds is 2. The van der Waals surface area contributed by atoms with Gasteiger partial charge >= 0.3 is 0 Å². The number of non-ortho nitro benzene ring substituents is 1. The van der Waals surface area contributed by atoms with Crippen LogP contribution in [-0.4, -0.2) is 16.7 Å². The molecule has 6 nitrogen and oxygen atoms in total. The lowest BCUT2D eigenvalue weighted by Gasteiger charge is -2.19. The van der Waals surface area contributed by atoms with E-state index in [2.05, 4.69) is 0 Å². The molecule has 2 unspecified atom stereocenters. The molecule has 1 heterocycles. The summed E-state index contributed by atoms with van der Waals surface area (Å²) in [4.78, 5) is 35.6. The van der Waals surface area contributed by atoms with Gasteiger partial charge in [-0.25, -0.2) is 9.29 Å². The number of hydrogen-bond donors (Lipinski definition) is 0. The highest BCUT2D eigenvalue weighted by Gasteiger charge is 2.49. The van der Waals surface area contributed by atoms with E-state index in [0.29, 0.717) is 12.8 Å². The van der Waals surface area contributed by atoms with E-state index in [0.717, 1.165) is 35.9 Å². The maximum absolute atomic E-state index is 13.9. The normalized spacial score (nSPS) is 25.1. The van der Waals surface area contributed by atoms with E-state index in [-0.39, 0.29) is 11.4 Å². The van der Waals surface area contributed by atoms with Crippen molar-refractivity contribution in [2.45, 2.75) is 25.7 Å². The first kappa shape index (κ1) is 13.7. The van der Waals surface area contributed by atoms with Crippen LogP contribution in [0.3, 0.4) is 0 Å². The van der Waals surface area contributed by atoms with Gasteiger partial charge in [0, 0.05) is 12.1 Å².